The number of pyridine rings is 1. The molecule has 4 aromatic rings. The Morgan fingerprint density at radius 3 is 2.59 bits per heavy atom. The van der Waals surface area contributed by atoms with Crippen molar-refractivity contribution in [3.8, 4) is 16.9 Å². The van der Waals surface area contributed by atoms with Gasteiger partial charge in [-0.25, -0.2) is 9.78 Å². The molecule has 1 N–H and O–H groups in total. The van der Waals surface area contributed by atoms with E-state index in [9.17, 15) is 14.7 Å². The van der Waals surface area contributed by atoms with E-state index in [1.807, 2.05) is 42.5 Å². The molecular weight excluding hydrogens is 544 g/mol. The molecule has 0 amide bonds. The summed E-state index contributed by atoms with van der Waals surface area (Å²) >= 11 is 1.60. The number of benzene rings is 2. The van der Waals surface area contributed by atoms with Crippen LogP contribution in [0.15, 0.2) is 59.5 Å². The smallest absolute Gasteiger partial charge is 0.341 e. The molecule has 2 aliphatic rings. The standard InChI is InChI=1S/C30H32N4O6S/c1-38-14-15-40-23-8-9-33(18-23)21-4-2-20(3-5-21)26-17-27(35)24(29(36)37)19-34(26)22-6-7-25-28(16-22)41-30(31-25)32-10-12-39-13-11-32/h2-7,16-17,19,23H,8-15,18H2,1H3,(H,36,37)/t23-/m1/s1. The third-order valence-corrected chi connectivity index (χ3v) is 8.60. The first-order valence-electron chi connectivity index (χ1n) is 13.7. The zero-order valence-corrected chi connectivity index (χ0v) is 23.6. The second-order valence-electron chi connectivity index (χ2n) is 10.1. The van der Waals surface area contributed by atoms with Crippen LogP contribution in [0.4, 0.5) is 10.8 Å². The predicted molar refractivity (Wildman–Crippen MR) is 159 cm³/mol. The van der Waals surface area contributed by atoms with Crippen LogP contribution >= 0.6 is 11.3 Å². The van der Waals surface area contributed by atoms with Crippen molar-refractivity contribution in [3.63, 3.8) is 0 Å². The van der Waals surface area contributed by atoms with Gasteiger partial charge in [-0.1, -0.05) is 23.5 Å². The van der Waals surface area contributed by atoms with E-state index >= 15 is 0 Å². The minimum Gasteiger partial charge on any atom is -0.477 e. The SMILES string of the molecule is COCCO[C@@H]1CCN(c2ccc(-c3cc(=O)c(C(=O)O)cn3-c3ccc4nc(N5CCOCC5)sc4c3)cc2)C1. The normalized spacial score (nSPS) is 17.4. The van der Waals surface area contributed by atoms with Gasteiger partial charge in [-0.15, -0.1) is 0 Å². The number of fused-ring (bicyclic) bond motifs is 1. The van der Waals surface area contributed by atoms with Crippen LogP contribution in [-0.2, 0) is 14.2 Å². The summed E-state index contributed by atoms with van der Waals surface area (Å²) in [6.07, 6.45) is 2.54. The molecular formula is C30H32N4O6S. The van der Waals surface area contributed by atoms with E-state index in [4.69, 9.17) is 19.2 Å². The number of methoxy groups -OCH3 is 1. The van der Waals surface area contributed by atoms with Crippen LogP contribution in [0.3, 0.4) is 0 Å². The molecule has 2 aromatic heterocycles. The van der Waals surface area contributed by atoms with Gasteiger partial charge in [-0.2, -0.15) is 0 Å². The quantitative estimate of drug-likeness (QED) is 0.297. The average Bonchev–Trinajstić information content (AvgIpc) is 3.65. The maximum atomic E-state index is 12.8. The van der Waals surface area contributed by atoms with Crippen molar-refractivity contribution in [2.75, 3.05) is 69.5 Å². The number of rotatable bonds is 9. The highest BCUT2D eigenvalue weighted by atomic mass is 32.1. The lowest BCUT2D eigenvalue weighted by Gasteiger charge is -2.25. The topological polar surface area (TPSA) is 106 Å². The zero-order chi connectivity index (χ0) is 28.3. The number of ether oxygens (including phenoxy) is 3. The molecule has 2 aromatic carbocycles. The molecule has 0 aliphatic carbocycles. The number of thiazole rings is 1. The lowest BCUT2D eigenvalue weighted by atomic mass is 10.1. The lowest BCUT2D eigenvalue weighted by Crippen LogP contribution is -2.36. The van der Waals surface area contributed by atoms with Crippen molar-refractivity contribution in [2.45, 2.75) is 12.5 Å². The Balaban J connectivity index is 1.31. The van der Waals surface area contributed by atoms with Crippen molar-refractivity contribution in [3.05, 3.63) is 70.5 Å². The number of aromatic carboxylic acids is 1. The highest BCUT2D eigenvalue weighted by Crippen LogP contribution is 2.33. The first-order valence-corrected chi connectivity index (χ1v) is 14.5. The summed E-state index contributed by atoms with van der Waals surface area (Å²) < 4.78 is 19.2. The second kappa shape index (κ2) is 12.0. The third-order valence-electron chi connectivity index (χ3n) is 7.52. The molecule has 2 fully saturated rings. The van der Waals surface area contributed by atoms with Crippen molar-refractivity contribution < 1.29 is 24.1 Å². The molecule has 10 nitrogen and oxygen atoms in total. The van der Waals surface area contributed by atoms with Crippen LogP contribution in [-0.4, -0.2) is 86.4 Å². The molecule has 4 heterocycles. The summed E-state index contributed by atoms with van der Waals surface area (Å²) in [6, 6.07) is 15.3. The number of carboxylic acid groups (broad SMARTS) is 1. The van der Waals surface area contributed by atoms with E-state index in [0.717, 1.165) is 64.9 Å². The van der Waals surface area contributed by atoms with Crippen LogP contribution in [0, 0.1) is 0 Å². The summed E-state index contributed by atoms with van der Waals surface area (Å²) in [5, 5.41) is 10.6. The fraction of sp³-hybridized carbons (Fsp3) is 0.367. The maximum absolute atomic E-state index is 12.8. The van der Waals surface area contributed by atoms with Gasteiger partial charge in [0.1, 0.15) is 5.56 Å². The summed E-state index contributed by atoms with van der Waals surface area (Å²) in [5.74, 6) is -1.25. The van der Waals surface area contributed by atoms with Gasteiger partial charge in [-0.05, 0) is 42.3 Å². The lowest BCUT2D eigenvalue weighted by molar-refractivity contribution is 0.0280. The first kappa shape index (κ1) is 27.4. The van der Waals surface area contributed by atoms with Crippen molar-refractivity contribution in [1.82, 2.24) is 9.55 Å². The summed E-state index contributed by atoms with van der Waals surface area (Å²) in [4.78, 5) is 34.0. The van der Waals surface area contributed by atoms with Gasteiger partial charge in [0.05, 0.1) is 48.4 Å². The number of anilines is 2. The monoisotopic (exact) mass is 576 g/mol. The molecule has 6 rings (SSSR count). The largest absolute Gasteiger partial charge is 0.477 e. The Hall–Kier alpha value is -3.77. The van der Waals surface area contributed by atoms with Gasteiger partial charge in [0.15, 0.2) is 10.6 Å². The second-order valence-corrected chi connectivity index (χ2v) is 11.1. The molecule has 0 saturated carbocycles. The number of hydrogen-bond donors (Lipinski definition) is 1. The Morgan fingerprint density at radius 2 is 1.83 bits per heavy atom. The summed E-state index contributed by atoms with van der Waals surface area (Å²) in [6.45, 7) is 5.83. The predicted octanol–water partition coefficient (Wildman–Crippen LogP) is 3.89. The maximum Gasteiger partial charge on any atom is 0.341 e. The van der Waals surface area contributed by atoms with Crippen LogP contribution in [0.5, 0.6) is 0 Å². The Labute approximate surface area is 241 Å². The molecule has 1 atom stereocenters. The highest BCUT2D eigenvalue weighted by molar-refractivity contribution is 7.22. The van der Waals surface area contributed by atoms with Gasteiger partial charge in [-0.3, -0.25) is 4.79 Å². The van der Waals surface area contributed by atoms with E-state index in [-0.39, 0.29) is 11.7 Å². The molecule has 0 unspecified atom stereocenters. The van der Waals surface area contributed by atoms with E-state index in [1.165, 1.54) is 12.3 Å². The first-order chi connectivity index (χ1) is 20.0. The van der Waals surface area contributed by atoms with Gasteiger partial charge in [0.25, 0.3) is 0 Å². The van der Waals surface area contributed by atoms with E-state index in [0.29, 0.717) is 32.1 Å². The Morgan fingerprint density at radius 1 is 1.05 bits per heavy atom. The number of carboxylic acids is 1. The number of nitrogens with zero attached hydrogens (tertiary/aromatic N) is 4. The molecule has 2 saturated heterocycles. The van der Waals surface area contributed by atoms with Crippen molar-refractivity contribution >= 4 is 38.3 Å². The fourth-order valence-electron chi connectivity index (χ4n) is 5.31. The molecule has 2 aliphatic heterocycles. The molecule has 11 heteroatoms. The minimum atomic E-state index is -1.25. The molecule has 0 bridgehead atoms. The van der Waals surface area contributed by atoms with E-state index in [2.05, 4.69) is 9.80 Å². The van der Waals surface area contributed by atoms with Gasteiger partial charge >= 0.3 is 5.97 Å². The Kier molecular flexibility index (Phi) is 8.02. The fourth-order valence-corrected chi connectivity index (χ4v) is 6.36. The number of carbonyl (C=O) groups is 1. The number of morpholine rings is 1. The molecule has 0 spiro atoms. The number of hydrogen-bond acceptors (Lipinski definition) is 9. The van der Waals surface area contributed by atoms with Gasteiger partial charge < -0.3 is 33.7 Å². The van der Waals surface area contributed by atoms with Crippen molar-refractivity contribution in [1.29, 1.82) is 0 Å². The zero-order valence-electron chi connectivity index (χ0n) is 22.8. The van der Waals surface area contributed by atoms with Crippen LogP contribution in [0.1, 0.15) is 16.8 Å². The molecule has 214 valence electrons. The minimum absolute atomic E-state index is 0.170. The average molecular weight is 577 g/mol. The van der Waals surface area contributed by atoms with Crippen LogP contribution in [0.2, 0.25) is 0 Å². The highest BCUT2D eigenvalue weighted by Gasteiger charge is 2.24. The van der Waals surface area contributed by atoms with Crippen LogP contribution < -0.4 is 15.2 Å². The molecule has 41 heavy (non-hydrogen) atoms. The van der Waals surface area contributed by atoms with Crippen LogP contribution in [0.25, 0.3) is 27.2 Å². The van der Waals surface area contributed by atoms with Crippen molar-refractivity contribution in [2.24, 2.45) is 0 Å². The summed E-state index contributed by atoms with van der Waals surface area (Å²) in [5.41, 5.74) is 3.33. The summed E-state index contributed by atoms with van der Waals surface area (Å²) in [7, 11) is 1.67. The van der Waals surface area contributed by atoms with Gasteiger partial charge in [0.2, 0.25) is 0 Å². The Bertz CT molecular complexity index is 1600. The number of aromatic nitrogens is 2. The van der Waals surface area contributed by atoms with Gasteiger partial charge in [0, 0.05) is 56.9 Å². The van der Waals surface area contributed by atoms with E-state index in [1.54, 1.807) is 23.0 Å². The van der Waals surface area contributed by atoms with E-state index < -0.39 is 11.4 Å². The third kappa shape index (κ3) is 5.84. The molecule has 0 radical (unpaired) electrons.